The molecule has 0 amide bonds. The van der Waals surface area contributed by atoms with Gasteiger partial charge in [-0.1, -0.05) is 23.7 Å². The number of phenolic OH excluding ortho intramolecular Hbond substituents is 1. The normalized spacial score (nSPS) is 15.3. The first-order valence-corrected chi connectivity index (χ1v) is 9.90. The number of anilines is 1. The molecule has 1 aliphatic rings. The number of hydrogen-bond donors (Lipinski definition) is 1. The molecule has 26 heavy (non-hydrogen) atoms. The van der Waals surface area contributed by atoms with Crippen LogP contribution < -0.4 is 4.90 Å². The van der Waals surface area contributed by atoms with Crippen molar-refractivity contribution in [3.63, 3.8) is 0 Å². The lowest BCUT2D eigenvalue weighted by Gasteiger charge is -2.35. The van der Waals surface area contributed by atoms with Crippen molar-refractivity contribution < 1.29 is 5.11 Å². The van der Waals surface area contributed by atoms with E-state index < -0.39 is 0 Å². The van der Waals surface area contributed by atoms with Crippen LogP contribution in [-0.2, 0) is 6.54 Å². The highest BCUT2D eigenvalue weighted by Gasteiger charge is 2.18. The molecule has 0 atom stereocenters. The summed E-state index contributed by atoms with van der Waals surface area (Å²) in [4.78, 5) is 9.58. The fraction of sp³-hybridized carbons (Fsp3) is 0.250. The number of halogens is 1. The summed E-state index contributed by atoms with van der Waals surface area (Å²) in [5.74, 6) is 0.312. The molecule has 2 aromatic carbocycles. The predicted molar refractivity (Wildman–Crippen MR) is 108 cm³/mol. The van der Waals surface area contributed by atoms with Crippen LogP contribution in [0.4, 0.5) is 5.69 Å². The Hall–Kier alpha value is -2.08. The quantitative estimate of drug-likeness (QED) is 0.718. The van der Waals surface area contributed by atoms with Gasteiger partial charge in [0.25, 0.3) is 0 Å². The molecule has 0 bridgehead atoms. The van der Waals surface area contributed by atoms with Gasteiger partial charge < -0.3 is 10.0 Å². The lowest BCUT2D eigenvalue weighted by Crippen LogP contribution is -2.46. The molecule has 3 aromatic rings. The summed E-state index contributed by atoms with van der Waals surface area (Å²) in [7, 11) is 0. The Morgan fingerprint density at radius 3 is 2.35 bits per heavy atom. The molecule has 2 heterocycles. The number of benzene rings is 2. The number of aromatic hydroxyl groups is 1. The Balaban J connectivity index is 1.34. The van der Waals surface area contributed by atoms with Gasteiger partial charge in [-0.15, -0.1) is 11.3 Å². The molecule has 134 valence electrons. The predicted octanol–water partition coefficient (Wildman–Crippen LogP) is 4.49. The molecule has 4 rings (SSSR count). The van der Waals surface area contributed by atoms with Crippen LogP contribution in [0.5, 0.6) is 5.75 Å². The van der Waals surface area contributed by atoms with E-state index in [2.05, 4.69) is 15.2 Å². The Labute approximate surface area is 162 Å². The van der Waals surface area contributed by atoms with E-state index in [4.69, 9.17) is 16.6 Å². The summed E-state index contributed by atoms with van der Waals surface area (Å²) in [6.45, 7) is 4.87. The van der Waals surface area contributed by atoms with Gasteiger partial charge in [0, 0.05) is 54.4 Å². The Bertz CT molecular complexity index is 856. The van der Waals surface area contributed by atoms with Gasteiger partial charge in [-0.2, -0.15) is 0 Å². The van der Waals surface area contributed by atoms with Crippen LogP contribution in [0, 0.1) is 0 Å². The summed E-state index contributed by atoms with van der Waals surface area (Å²) in [5, 5.41) is 13.4. The van der Waals surface area contributed by atoms with E-state index in [1.807, 2.05) is 36.4 Å². The Morgan fingerprint density at radius 1 is 0.962 bits per heavy atom. The highest BCUT2D eigenvalue weighted by molar-refractivity contribution is 7.13. The summed E-state index contributed by atoms with van der Waals surface area (Å²) in [6.07, 6.45) is 0. The van der Waals surface area contributed by atoms with E-state index >= 15 is 0 Å². The van der Waals surface area contributed by atoms with Crippen molar-refractivity contribution >= 4 is 28.6 Å². The number of thiazole rings is 1. The van der Waals surface area contributed by atoms with E-state index in [0.717, 1.165) is 54.0 Å². The van der Waals surface area contributed by atoms with Crippen molar-refractivity contribution in [1.29, 1.82) is 0 Å². The van der Waals surface area contributed by atoms with Crippen LogP contribution in [-0.4, -0.2) is 41.2 Å². The average Bonchev–Trinajstić information content (AvgIpc) is 3.12. The third-order valence-electron chi connectivity index (χ3n) is 4.62. The SMILES string of the molecule is Oc1ccc(N2CCN(Cc3csc(-c4ccc(Cl)cc4)n3)CC2)cc1. The first-order chi connectivity index (χ1) is 12.7. The number of phenols is 1. The zero-order valence-corrected chi connectivity index (χ0v) is 15.9. The average molecular weight is 386 g/mol. The second-order valence-corrected chi connectivity index (χ2v) is 7.73. The van der Waals surface area contributed by atoms with Crippen LogP contribution >= 0.6 is 22.9 Å². The van der Waals surface area contributed by atoms with Gasteiger partial charge in [0.05, 0.1) is 5.69 Å². The van der Waals surface area contributed by atoms with Gasteiger partial charge >= 0.3 is 0 Å². The monoisotopic (exact) mass is 385 g/mol. The van der Waals surface area contributed by atoms with Gasteiger partial charge in [0.15, 0.2) is 0 Å². The lowest BCUT2D eigenvalue weighted by atomic mass is 10.2. The minimum absolute atomic E-state index is 0.312. The molecule has 4 nitrogen and oxygen atoms in total. The fourth-order valence-corrected chi connectivity index (χ4v) is 4.10. The molecule has 0 aliphatic carbocycles. The smallest absolute Gasteiger partial charge is 0.123 e. The first kappa shape index (κ1) is 17.3. The first-order valence-electron chi connectivity index (χ1n) is 8.64. The number of piperazine rings is 1. The summed E-state index contributed by atoms with van der Waals surface area (Å²) >= 11 is 7.64. The van der Waals surface area contributed by atoms with Crippen LogP contribution in [0.25, 0.3) is 10.6 Å². The summed E-state index contributed by atoms with van der Waals surface area (Å²) < 4.78 is 0. The number of nitrogens with zero attached hydrogens (tertiary/aromatic N) is 3. The third kappa shape index (κ3) is 4.01. The van der Waals surface area contributed by atoms with E-state index in [1.165, 1.54) is 5.69 Å². The van der Waals surface area contributed by atoms with Gasteiger partial charge in [-0.25, -0.2) is 4.98 Å². The number of hydrogen-bond acceptors (Lipinski definition) is 5. The standard InChI is InChI=1S/C20H20ClN3OS/c21-16-3-1-15(2-4-16)20-22-17(14-26-20)13-23-9-11-24(12-10-23)18-5-7-19(25)8-6-18/h1-8,14,25H,9-13H2. The third-order valence-corrected chi connectivity index (χ3v) is 5.81. The molecule has 6 heteroatoms. The maximum atomic E-state index is 9.42. The van der Waals surface area contributed by atoms with Gasteiger partial charge in [-0.05, 0) is 36.4 Å². The minimum atomic E-state index is 0.312. The highest BCUT2D eigenvalue weighted by atomic mass is 35.5. The van der Waals surface area contributed by atoms with Gasteiger partial charge in [-0.3, -0.25) is 4.90 Å². The van der Waals surface area contributed by atoms with Gasteiger partial charge in [0.1, 0.15) is 10.8 Å². The van der Waals surface area contributed by atoms with Crippen molar-refractivity contribution in [3.8, 4) is 16.3 Å². The van der Waals surface area contributed by atoms with E-state index in [-0.39, 0.29) is 0 Å². The van der Waals surface area contributed by atoms with E-state index in [1.54, 1.807) is 23.5 Å². The highest BCUT2D eigenvalue weighted by Crippen LogP contribution is 2.26. The molecule has 1 fully saturated rings. The number of aromatic nitrogens is 1. The van der Waals surface area contributed by atoms with Gasteiger partial charge in [0.2, 0.25) is 0 Å². The van der Waals surface area contributed by atoms with Crippen molar-refractivity contribution in [3.05, 3.63) is 64.6 Å². The maximum Gasteiger partial charge on any atom is 0.123 e. The summed E-state index contributed by atoms with van der Waals surface area (Å²) in [5.41, 5.74) is 3.40. The topological polar surface area (TPSA) is 39.6 Å². The van der Waals surface area contributed by atoms with Crippen LogP contribution in [0.2, 0.25) is 5.02 Å². The zero-order chi connectivity index (χ0) is 17.9. The van der Waals surface area contributed by atoms with E-state index in [9.17, 15) is 5.11 Å². The lowest BCUT2D eigenvalue weighted by molar-refractivity contribution is 0.247. The van der Waals surface area contributed by atoms with E-state index in [0.29, 0.717) is 5.75 Å². The maximum absolute atomic E-state index is 9.42. The number of rotatable bonds is 4. The molecule has 1 N–H and O–H groups in total. The fourth-order valence-electron chi connectivity index (χ4n) is 3.16. The molecule has 0 spiro atoms. The van der Waals surface area contributed by atoms with Crippen molar-refractivity contribution in [2.45, 2.75) is 6.54 Å². The molecule has 1 aromatic heterocycles. The van der Waals surface area contributed by atoms with Crippen molar-refractivity contribution in [2.24, 2.45) is 0 Å². The molecule has 0 radical (unpaired) electrons. The minimum Gasteiger partial charge on any atom is -0.508 e. The molecule has 1 saturated heterocycles. The second kappa shape index (κ2) is 7.66. The molecule has 0 saturated carbocycles. The second-order valence-electron chi connectivity index (χ2n) is 6.43. The van der Waals surface area contributed by atoms with Crippen molar-refractivity contribution in [1.82, 2.24) is 9.88 Å². The largest absolute Gasteiger partial charge is 0.508 e. The van der Waals surface area contributed by atoms with Crippen molar-refractivity contribution in [2.75, 3.05) is 31.1 Å². The van der Waals surface area contributed by atoms with Crippen LogP contribution in [0.3, 0.4) is 0 Å². The summed E-state index contributed by atoms with van der Waals surface area (Å²) in [6, 6.07) is 15.3. The molecule has 1 aliphatic heterocycles. The molecular formula is C20H20ClN3OS. The van der Waals surface area contributed by atoms with Crippen LogP contribution in [0.15, 0.2) is 53.9 Å². The van der Waals surface area contributed by atoms with Crippen LogP contribution in [0.1, 0.15) is 5.69 Å². The molecular weight excluding hydrogens is 366 g/mol. The Kier molecular flexibility index (Phi) is 5.11. The Morgan fingerprint density at radius 2 is 1.65 bits per heavy atom. The zero-order valence-electron chi connectivity index (χ0n) is 14.3. The molecule has 0 unspecified atom stereocenters.